The molecule has 4 N–H and O–H groups in total. The topological polar surface area (TPSA) is 112 Å². The van der Waals surface area contributed by atoms with E-state index in [0.29, 0.717) is 5.76 Å². The van der Waals surface area contributed by atoms with Crippen LogP contribution in [0.4, 0.5) is 4.79 Å². The van der Waals surface area contributed by atoms with Crippen LogP contribution in [0.3, 0.4) is 0 Å². The lowest BCUT2D eigenvalue weighted by molar-refractivity contribution is -0.155. The molecule has 7 nitrogen and oxygen atoms in total. The molecule has 17 heavy (non-hydrogen) atoms. The highest BCUT2D eigenvalue weighted by atomic mass is 16.4. The zero-order valence-electron chi connectivity index (χ0n) is 9.27. The number of amides is 2. The standard InChI is InChI=1S/C10H14N2O5/c1-10(16,8(13)14)6-12-9(15)11-5-7-3-2-4-17-7/h2-4,16H,5-6H2,1H3,(H,13,14)(H2,11,12,15). The monoisotopic (exact) mass is 242 g/mol. The first kappa shape index (κ1) is 13.0. The van der Waals surface area contributed by atoms with E-state index in [1.807, 2.05) is 0 Å². The van der Waals surface area contributed by atoms with Crippen molar-refractivity contribution in [3.8, 4) is 0 Å². The number of nitrogens with one attached hydrogen (secondary N) is 2. The number of rotatable bonds is 5. The van der Waals surface area contributed by atoms with Gasteiger partial charge in [-0.15, -0.1) is 0 Å². The van der Waals surface area contributed by atoms with Gasteiger partial charge in [-0.05, 0) is 19.1 Å². The van der Waals surface area contributed by atoms with Crippen molar-refractivity contribution in [1.82, 2.24) is 10.6 Å². The van der Waals surface area contributed by atoms with Crippen LogP contribution >= 0.6 is 0 Å². The van der Waals surface area contributed by atoms with Gasteiger partial charge in [-0.3, -0.25) is 0 Å². The molecule has 0 bridgehead atoms. The molecule has 0 saturated heterocycles. The molecule has 1 heterocycles. The van der Waals surface area contributed by atoms with E-state index in [0.717, 1.165) is 6.92 Å². The van der Waals surface area contributed by atoms with E-state index >= 15 is 0 Å². The average Bonchev–Trinajstić information content (AvgIpc) is 2.76. The summed E-state index contributed by atoms with van der Waals surface area (Å²) in [6.45, 7) is 0.905. The molecule has 2 amide bonds. The smallest absolute Gasteiger partial charge is 0.337 e. The van der Waals surface area contributed by atoms with Gasteiger partial charge in [-0.1, -0.05) is 0 Å². The predicted molar refractivity (Wildman–Crippen MR) is 57.2 cm³/mol. The van der Waals surface area contributed by atoms with Gasteiger partial charge >= 0.3 is 12.0 Å². The van der Waals surface area contributed by atoms with Gasteiger partial charge < -0.3 is 25.3 Å². The number of carboxylic acid groups (broad SMARTS) is 1. The first-order valence-corrected chi connectivity index (χ1v) is 4.91. The molecular formula is C10H14N2O5. The van der Waals surface area contributed by atoms with Crippen molar-refractivity contribution in [3.63, 3.8) is 0 Å². The van der Waals surface area contributed by atoms with Gasteiger partial charge in [0.1, 0.15) is 5.76 Å². The van der Waals surface area contributed by atoms with E-state index in [-0.39, 0.29) is 13.1 Å². The second-order valence-electron chi connectivity index (χ2n) is 3.69. The molecular weight excluding hydrogens is 228 g/mol. The highest BCUT2D eigenvalue weighted by molar-refractivity contribution is 5.79. The van der Waals surface area contributed by atoms with Crippen LogP contribution in [0.1, 0.15) is 12.7 Å². The van der Waals surface area contributed by atoms with Crippen molar-refractivity contribution in [3.05, 3.63) is 24.2 Å². The Kier molecular flexibility index (Phi) is 4.11. The molecule has 0 fully saturated rings. The highest BCUT2D eigenvalue weighted by Crippen LogP contribution is 2.01. The first-order valence-electron chi connectivity index (χ1n) is 4.91. The SMILES string of the molecule is CC(O)(CNC(=O)NCc1ccco1)C(=O)O. The van der Waals surface area contributed by atoms with Crippen LogP contribution in [0.15, 0.2) is 22.8 Å². The van der Waals surface area contributed by atoms with E-state index in [9.17, 15) is 14.7 Å². The number of carboxylic acids is 1. The van der Waals surface area contributed by atoms with E-state index in [1.165, 1.54) is 6.26 Å². The molecule has 1 atom stereocenters. The molecule has 0 spiro atoms. The van der Waals surface area contributed by atoms with Crippen molar-refractivity contribution in [2.75, 3.05) is 6.54 Å². The number of aliphatic hydroxyl groups is 1. The molecule has 7 heteroatoms. The van der Waals surface area contributed by atoms with Crippen molar-refractivity contribution < 1.29 is 24.2 Å². The molecule has 0 aliphatic rings. The van der Waals surface area contributed by atoms with Crippen LogP contribution in [-0.4, -0.2) is 34.4 Å². The Morgan fingerprint density at radius 2 is 2.18 bits per heavy atom. The Balaban J connectivity index is 2.28. The molecule has 1 aromatic heterocycles. The van der Waals surface area contributed by atoms with E-state index in [4.69, 9.17) is 9.52 Å². The van der Waals surface area contributed by atoms with Gasteiger partial charge in [0.15, 0.2) is 5.60 Å². The summed E-state index contributed by atoms with van der Waals surface area (Å²) in [5.41, 5.74) is -1.98. The van der Waals surface area contributed by atoms with Gasteiger partial charge in [-0.25, -0.2) is 9.59 Å². The fourth-order valence-corrected chi connectivity index (χ4v) is 0.971. The molecule has 1 unspecified atom stereocenters. The molecule has 0 saturated carbocycles. The second-order valence-corrected chi connectivity index (χ2v) is 3.69. The molecule has 1 aromatic rings. The molecule has 1 rings (SSSR count). The number of furan rings is 1. The first-order chi connectivity index (χ1) is 7.92. The fourth-order valence-electron chi connectivity index (χ4n) is 0.971. The van der Waals surface area contributed by atoms with Crippen LogP contribution in [0.5, 0.6) is 0 Å². The fraction of sp³-hybridized carbons (Fsp3) is 0.400. The maximum absolute atomic E-state index is 11.2. The number of carbonyl (C=O) groups excluding carboxylic acids is 1. The van der Waals surface area contributed by atoms with Crippen LogP contribution in [-0.2, 0) is 11.3 Å². The van der Waals surface area contributed by atoms with E-state index in [1.54, 1.807) is 12.1 Å². The van der Waals surface area contributed by atoms with Gasteiger partial charge in [0.2, 0.25) is 0 Å². The Bertz CT molecular complexity index is 385. The normalized spacial score (nSPS) is 13.8. The average molecular weight is 242 g/mol. The minimum atomic E-state index is -1.98. The Morgan fingerprint density at radius 3 is 2.71 bits per heavy atom. The number of urea groups is 1. The van der Waals surface area contributed by atoms with Gasteiger partial charge in [0, 0.05) is 0 Å². The summed E-state index contributed by atoms with van der Waals surface area (Å²) in [5.74, 6) is -0.825. The third kappa shape index (κ3) is 4.15. The van der Waals surface area contributed by atoms with Crippen LogP contribution < -0.4 is 10.6 Å². The lowest BCUT2D eigenvalue weighted by Gasteiger charge is -2.18. The lowest BCUT2D eigenvalue weighted by Crippen LogP contribution is -2.48. The van der Waals surface area contributed by atoms with Crippen molar-refractivity contribution in [1.29, 1.82) is 0 Å². The quantitative estimate of drug-likeness (QED) is 0.576. The number of hydrogen-bond donors (Lipinski definition) is 4. The minimum Gasteiger partial charge on any atom is -0.479 e. The number of hydrogen-bond acceptors (Lipinski definition) is 4. The predicted octanol–water partition coefficient (Wildman–Crippen LogP) is -0.0856. The van der Waals surface area contributed by atoms with Gasteiger partial charge in [0.05, 0.1) is 19.4 Å². The zero-order chi connectivity index (χ0) is 12.9. The van der Waals surface area contributed by atoms with Crippen molar-refractivity contribution in [2.45, 2.75) is 19.1 Å². The summed E-state index contributed by atoms with van der Waals surface area (Å²) in [5, 5.41) is 22.6. The summed E-state index contributed by atoms with van der Waals surface area (Å²) in [6, 6.07) is 2.79. The molecule has 0 aromatic carbocycles. The van der Waals surface area contributed by atoms with Crippen LogP contribution in [0, 0.1) is 0 Å². The minimum absolute atomic E-state index is 0.189. The van der Waals surface area contributed by atoms with Crippen molar-refractivity contribution >= 4 is 12.0 Å². The highest BCUT2D eigenvalue weighted by Gasteiger charge is 2.30. The molecule has 94 valence electrons. The largest absolute Gasteiger partial charge is 0.479 e. The molecule has 0 aliphatic carbocycles. The van der Waals surface area contributed by atoms with Crippen LogP contribution in [0.2, 0.25) is 0 Å². The molecule has 0 aliphatic heterocycles. The summed E-state index contributed by atoms with van der Waals surface area (Å²) in [6.07, 6.45) is 1.48. The molecule has 0 radical (unpaired) electrons. The number of carbonyl (C=O) groups is 2. The van der Waals surface area contributed by atoms with Crippen LogP contribution in [0.25, 0.3) is 0 Å². The second kappa shape index (κ2) is 5.35. The van der Waals surface area contributed by atoms with E-state index < -0.39 is 17.6 Å². The maximum Gasteiger partial charge on any atom is 0.337 e. The maximum atomic E-state index is 11.2. The van der Waals surface area contributed by atoms with Crippen molar-refractivity contribution in [2.24, 2.45) is 0 Å². The van der Waals surface area contributed by atoms with E-state index in [2.05, 4.69) is 10.6 Å². The Morgan fingerprint density at radius 1 is 1.47 bits per heavy atom. The summed E-state index contributed by atoms with van der Waals surface area (Å²) >= 11 is 0. The van der Waals surface area contributed by atoms with Gasteiger partial charge in [0.25, 0.3) is 0 Å². The summed E-state index contributed by atoms with van der Waals surface area (Å²) < 4.78 is 4.98. The Labute approximate surface area is 97.4 Å². The Hall–Kier alpha value is -2.02. The lowest BCUT2D eigenvalue weighted by atomic mass is 10.1. The third-order valence-corrected chi connectivity index (χ3v) is 2.06. The summed E-state index contributed by atoms with van der Waals surface area (Å²) in [4.78, 5) is 21.8. The summed E-state index contributed by atoms with van der Waals surface area (Å²) in [7, 11) is 0. The number of aliphatic carboxylic acids is 1. The third-order valence-electron chi connectivity index (χ3n) is 2.06. The van der Waals surface area contributed by atoms with Gasteiger partial charge in [-0.2, -0.15) is 0 Å². The zero-order valence-corrected chi connectivity index (χ0v) is 9.27.